The first-order valence-electron chi connectivity index (χ1n) is 5.70. The van der Waals surface area contributed by atoms with Crippen molar-refractivity contribution in [3.63, 3.8) is 0 Å². The van der Waals surface area contributed by atoms with E-state index in [1.807, 2.05) is 0 Å². The zero-order valence-electron chi connectivity index (χ0n) is 10.7. The second-order valence-corrected chi connectivity index (χ2v) is 5.73. The molecule has 0 aliphatic carbocycles. The van der Waals surface area contributed by atoms with Crippen molar-refractivity contribution in [1.29, 1.82) is 0 Å². The first kappa shape index (κ1) is 14.4. The van der Waals surface area contributed by atoms with Gasteiger partial charge in [0, 0.05) is 12.6 Å². The van der Waals surface area contributed by atoms with Gasteiger partial charge in [0.05, 0.1) is 6.61 Å². The molecule has 1 atom stereocenters. The van der Waals surface area contributed by atoms with Crippen LogP contribution in [0.2, 0.25) is 0 Å². The molecule has 0 aromatic heterocycles. The maximum absolute atomic E-state index is 12.3. The summed E-state index contributed by atoms with van der Waals surface area (Å²) in [5.41, 5.74) is 6.34. The lowest BCUT2D eigenvalue weighted by Crippen LogP contribution is -2.37. The molecule has 1 aromatic carbocycles. The molecule has 108 valence electrons. The van der Waals surface area contributed by atoms with Crippen LogP contribution >= 0.6 is 7.75 Å². The number of nitrogens with zero attached hydrogens (tertiary/aromatic N) is 2. The monoisotopic (exact) mass is 299 g/mol. The molecule has 2 rings (SSSR count). The maximum Gasteiger partial charge on any atom is 0.511 e. The summed E-state index contributed by atoms with van der Waals surface area (Å²) in [6.45, 7) is -0.279. The summed E-state index contributed by atoms with van der Waals surface area (Å²) in [5, 5.41) is 8.65. The van der Waals surface area contributed by atoms with Crippen LogP contribution in [0.5, 0.6) is 5.75 Å². The molecule has 0 radical (unpaired) electrons. The van der Waals surface area contributed by atoms with E-state index in [1.165, 1.54) is 7.05 Å². The smallest absolute Gasteiger partial charge is 0.480 e. The molecule has 1 aliphatic heterocycles. The van der Waals surface area contributed by atoms with Gasteiger partial charge >= 0.3 is 13.7 Å². The number of nitrogens with two attached hydrogens (primary N) is 1. The Morgan fingerprint density at radius 3 is 2.95 bits per heavy atom. The normalized spacial score (nSPS) is 21.8. The molecule has 3 N–H and O–H groups in total. The Kier molecular flexibility index (Phi) is 3.96. The Labute approximate surface area is 115 Å². The van der Waals surface area contributed by atoms with Gasteiger partial charge in [-0.05, 0) is 6.07 Å². The fourth-order valence-electron chi connectivity index (χ4n) is 1.55. The van der Waals surface area contributed by atoms with Crippen molar-refractivity contribution >= 4 is 19.7 Å². The molecule has 9 heteroatoms. The first-order chi connectivity index (χ1) is 9.39. The van der Waals surface area contributed by atoms with E-state index in [0.29, 0.717) is 5.75 Å². The van der Waals surface area contributed by atoms with Gasteiger partial charge < -0.3 is 20.3 Å². The highest BCUT2D eigenvalue weighted by Gasteiger charge is 2.32. The molecular weight excluding hydrogens is 285 g/mol. The quantitative estimate of drug-likeness (QED) is 0.486. The maximum atomic E-state index is 12.3. The summed E-state index contributed by atoms with van der Waals surface area (Å²) < 4.78 is 26.3. The second-order valence-electron chi connectivity index (χ2n) is 4.15. The van der Waals surface area contributed by atoms with Gasteiger partial charge in [-0.3, -0.25) is 9.32 Å². The predicted molar refractivity (Wildman–Crippen MR) is 71.4 cm³/mol. The van der Waals surface area contributed by atoms with Gasteiger partial charge in [-0.2, -0.15) is 0 Å². The lowest BCUT2D eigenvalue weighted by molar-refractivity contribution is -0.137. The Morgan fingerprint density at radius 2 is 2.25 bits per heavy atom. The van der Waals surface area contributed by atoms with Gasteiger partial charge in [-0.1, -0.05) is 18.2 Å². The van der Waals surface area contributed by atoms with Crippen LogP contribution in [0.3, 0.4) is 0 Å². The summed E-state index contributed by atoms with van der Waals surface area (Å²) in [6, 6.07) is 6.97. The van der Waals surface area contributed by atoms with Gasteiger partial charge in [0.1, 0.15) is 12.3 Å². The van der Waals surface area contributed by atoms with E-state index in [9.17, 15) is 9.36 Å². The lowest BCUT2D eigenvalue weighted by Gasteiger charge is -2.24. The van der Waals surface area contributed by atoms with Gasteiger partial charge in [-0.15, -0.1) is 4.76 Å². The number of hydrogen-bond acceptors (Lipinski definition) is 4. The number of carboxylic acids is 1. The van der Waals surface area contributed by atoms with E-state index in [2.05, 4.69) is 4.76 Å². The standard InChI is InChI=1S/C11H14N3O5P/c1-14(6-10(15)16)11(12)13-20(17)18-7-8-4-2-3-5-9(8)19-20/h2-5H,6-7H2,1H3,(H,15,16)(H2,12,13,17). The van der Waals surface area contributed by atoms with Crippen LogP contribution in [0.25, 0.3) is 0 Å². The van der Waals surface area contributed by atoms with Gasteiger partial charge in [0.15, 0.2) is 0 Å². The van der Waals surface area contributed by atoms with Gasteiger partial charge in [0.25, 0.3) is 0 Å². The number of carbonyl (C=O) groups is 1. The van der Waals surface area contributed by atoms with Gasteiger partial charge in [0.2, 0.25) is 5.96 Å². The Balaban J connectivity index is 2.17. The molecule has 0 spiro atoms. The second kappa shape index (κ2) is 5.52. The largest absolute Gasteiger partial charge is 0.511 e. The Hall–Kier alpha value is -2.05. The fraction of sp³-hybridized carbons (Fsp3) is 0.273. The number of rotatable bonds is 3. The van der Waals surface area contributed by atoms with E-state index in [-0.39, 0.29) is 19.1 Å². The molecule has 1 aromatic rings. The topological polar surface area (TPSA) is 114 Å². The fourth-order valence-corrected chi connectivity index (χ4v) is 2.83. The van der Waals surface area contributed by atoms with Crippen molar-refractivity contribution in [3.8, 4) is 5.75 Å². The van der Waals surface area contributed by atoms with Crippen LogP contribution in [-0.2, 0) is 20.5 Å². The molecule has 0 bridgehead atoms. The SMILES string of the molecule is CN(CC(=O)O)/C(N)=N\P1(=O)OCc2ccccc2O1. The third-order valence-electron chi connectivity index (χ3n) is 2.56. The van der Waals surface area contributed by atoms with Crippen molar-refractivity contribution in [2.45, 2.75) is 6.61 Å². The predicted octanol–water partition coefficient (Wildman–Crippen LogP) is 1.03. The first-order valence-corrected chi connectivity index (χ1v) is 7.20. The highest BCUT2D eigenvalue weighted by atomic mass is 31.2. The zero-order chi connectivity index (χ0) is 14.8. The summed E-state index contributed by atoms with van der Waals surface area (Å²) in [5.74, 6) is -0.894. The average Bonchev–Trinajstić information content (AvgIpc) is 2.37. The number of aliphatic carboxylic acids is 1. The third kappa shape index (κ3) is 3.28. The molecule has 1 heterocycles. The molecule has 0 saturated carbocycles. The minimum absolute atomic E-state index is 0.0902. The molecule has 1 aliphatic rings. The average molecular weight is 299 g/mol. The number of hydrogen-bond donors (Lipinski definition) is 2. The van der Waals surface area contributed by atoms with Crippen molar-refractivity contribution in [1.82, 2.24) is 4.90 Å². The number of guanidine groups is 1. The molecule has 8 nitrogen and oxygen atoms in total. The van der Waals surface area contributed by atoms with Crippen LogP contribution in [-0.4, -0.2) is 35.5 Å². The summed E-state index contributed by atoms with van der Waals surface area (Å²) in [4.78, 5) is 11.7. The van der Waals surface area contributed by atoms with Crippen LogP contribution in [0.15, 0.2) is 29.0 Å². The van der Waals surface area contributed by atoms with E-state index in [1.54, 1.807) is 24.3 Å². The Morgan fingerprint density at radius 1 is 1.55 bits per heavy atom. The van der Waals surface area contributed by atoms with E-state index in [4.69, 9.17) is 19.9 Å². The van der Waals surface area contributed by atoms with Crippen LogP contribution < -0.4 is 10.3 Å². The minimum atomic E-state index is -3.77. The minimum Gasteiger partial charge on any atom is -0.480 e. The van der Waals surface area contributed by atoms with E-state index >= 15 is 0 Å². The van der Waals surface area contributed by atoms with Crippen LogP contribution in [0.4, 0.5) is 0 Å². The number of para-hydroxylation sites is 1. The van der Waals surface area contributed by atoms with Crippen molar-refractivity contribution in [3.05, 3.63) is 29.8 Å². The molecule has 1 unspecified atom stereocenters. The third-order valence-corrected chi connectivity index (χ3v) is 3.89. The molecule has 0 fully saturated rings. The molecule has 0 saturated heterocycles. The summed E-state index contributed by atoms with van der Waals surface area (Å²) in [6.07, 6.45) is 0. The summed E-state index contributed by atoms with van der Waals surface area (Å²) >= 11 is 0. The van der Waals surface area contributed by atoms with Crippen LogP contribution in [0.1, 0.15) is 5.56 Å². The van der Waals surface area contributed by atoms with Gasteiger partial charge in [-0.25, -0.2) is 4.57 Å². The summed E-state index contributed by atoms with van der Waals surface area (Å²) in [7, 11) is -2.36. The number of carboxylic acid groups (broad SMARTS) is 1. The van der Waals surface area contributed by atoms with Crippen LogP contribution in [0, 0.1) is 0 Å². The Bertz CT molecular complexity index is 603. The number of benzene rings is 1. The highest BCUT2D eigenvalue weighted by molar-refractivity contribution is 7.53. The van der Waals surface area contributed by atoms with Crippen molar-refractivity contribution in [2.24, 2.45) is 10.5 Å². The van der Waals surface area contributed by atoms with E-state index < -0.39 is 13.7 Å². The molecular formula is C11H14N3O5P. The van der Waals surface area contributed by atoms with Crippen molar-refractivity contribution in [2.75, 3.05) is 13.6 Å². The number of likely N-dealkylation sites (N-methyl/N-ethyl adjacent to an activating group) is 1. The molecule has 0 amide bonds. The highest BCUT2D eigenvalue weighted by Crippen LogP contribution is 2.54. The lowest BCUT2D eigenvalue weighted by atomic mass is 10.2. The van der Waals surface area contributed by atoms with Crippen molar-refractivity contribution < 1.29 is 23.5 Å². The van der Waals surface area contributed by atoms with E-state index in [0.717, 1.165) is 10.5 Å². The molecule has 20 heavy (non-hydrogen) atoms. The number of fused-ring (bicyclic) bond motifs is 1. The zero-order valence-corrected chi connectivity index (χ0v) is 11.6.